The van der Waals surface area contributed by atoms with E-state index in [1.165, 1.54) is 12.8 Å². The fraction of sp³-hybridized carbons (Fsp3) is 0.857. The molecule has 1 unspecified atom stereocenters. The van der Waals surface area contributed by atoms with Crippen molar-refractivity contribution in [2.24, 2.45) is 0 Å². The van der Waals surface area contributed by atoms with Gasteiger partial charge in [-0.1, -0.05) is 0 Å². The summed E-state index contributed by atoms with van der Waals surface area (Å²) in [6.45, 7) is 9.04. The van der Waals surface area contributed by atoms with E-state index < -0.39 is 0 Å². The summed E-state index contributed by atoms with van der Waals surface area (Å²) in [6, 6.07) is 0.463. The van der Waals surface area contributed by atoms with Crippen LogP contribution in [0.3, 0.4) is 0 Å². The molecular weight excluding hydrogens is 254 g/mol. The molecule has 1 saturated heterocycles. The molecule has 0 aliphatic carbocycles. The molecule has 112 valence electrons. The van der Waals surface area contributed by atoms with Crippen LogP contribution in [0.25, 0.3) is 0 Å². The van der Waals surface area contributed by atoms with Crippen LogP contribution in [0.5, 0.6) is 0 Å². The van der Waals surface area contributed by atoms with Crippen molar-refractivity contribution in [1.82, 2.24) is 25.0 Å². The maximum Gasteiger partial charge on any atom is 0.147 e. The second-order valence-electron chi connectivity index (χ2n) is 5.84. The van der Waals surface area contributed by atoms with Crippen LogP contribution in [0.4, 0.5) is 0 Å². The van der Waals surface area contributed by atoms with Crippen LogP contribution in [-0.4, -0.2) is 58.6 Å². The highest BCUT2D eigenvalue weighted by Crippen LogP contribution is 2.14. The van der Waals surface area contributed by atoms with Gasteiger partial charge in [0, 0.05) is 38.6 Å². The lowest BCUT2D eigenvalue weighted by Crippen LogP contribution is -2.44. The van der Waals surface area contributed by atoms with Gasteiger partial charge in [-0.2, -0.15) is 0 Å². The summed E-state index contributed by atoms with van der Waals surface area (Å²) in [6.07, 6.45) is 3.58. The molecule has 20 heavy (non-hydrogen) atoms. The molecule has 1 atom stereocenters. The van der Waals surface area contributed by atoms with Gasteiger partial charge >= 0.3 is 0 Å². The number of nitrogens with one attached hydrogen (secondary N) is 1. The van der Waals surface area contributed by atoms with Crippen molar-refractivity contribution in [3.63, 3.8) is 0 Å². The number of morpholine rings is 1. The van der Waals surface area contributed by atoms with Gasteiger partial charge in [0.2, 0.25) is 0 Å². The van der Waals surface area contributed by atoms with E-state index in [4.69, 9.17) is 4.74 Å². The Morgan fingerprint density at radius 1 is 1.20 bits per heavy atom. The SMILES string of the molecule is CC(CN1CCOCC1)NCc1nnc2n1CCCC2. The second-order valence-corrected chi connectivity index (χ2v) is 5.84. The van der Waals surface area contributed by atoms with Gasteiger partial charge in [-0.3, -0.25) is 4.90 Å². The molecule has 0 radical (unpaired) electrons. The zero-order valence-corrected chi connectivity index (χ0v) is 12.3. The number of nitrogens with zero attached hydrogens (tertiary/aromatic N) is 4. The van der Waals surface area contributed by atoms with Crippen LogP contribution < -0.4 is 5.32 Å². The number of fused-ring (bicyclic) bond motifs is 1. The summed E-state index contributed by atoms with van der Waals surface area (Å²) < 4.78 is 7.67. The Balaban J connectivity index is 1.47. The van der Waals surface area contributed by atoms with Gasteiger partial charge in [0.15, 0.2) is 0 Å². The predicted octanol–water partition coefficient (Wildman–Crippen LogP) is 0.425. The number of hydrogen-bond acceptors (Lipinski definition) is 5. The van der Waals surface area contributed by atoms with E-state index >= 15 is 0 Å². The zero-order valence-electron chi connectivity index (χ0n) is 12.3. The lowest BCUT2D eigenvalue weighted by molar-refractivity contribution is 0.0343. The normalized spacial score (nSPS) is 21.6. The minimum Gasteiger partial charge on any atom is -0.379 e. The molecule has 6 heteroatoms. The van der Waals surface area contributed by atoms with Crippen molar-refractivity contribution in [1.29, 1.82) is 0 Å². The first kappa shape index (κ1) is 14.0. The van der Waals surface area contributed by atoms with E-state index in [9.17, 15) is 0 Å². The van der Waals surface area contributed by atoms with Crippen LogP contribution in [0.15, 0.2) is 0 Å². The molecular formula is C14H25N5O. The molecule has 1 aromatic heterocycles. The van der Waals surface area contributed by atoms with Crippen molar-refractivity contribution < 1.29 is 4.74 Å². The minimum atomic E-state index is 0.463. The fourth-order valence-corrected chi connectivity index (χ4v) is 3.00. The lowest BCUT2D eigenvalue weighted by atomic mass is 10.1. The topological polar surface area (TPSA) is 55.2 Å². The van der Waals surface area contributed by atoms with Gasteiger partial charge < -0.3 is 14.6 Å². The van der Waals surface area contributed by atoms with Gasteiger partial charge in [0.1, 0.15) is 11.6 Å². The van der Waals surface area contributed by atoms with E-state index in [1.807, 2.05) is 0 Å². The summed E-state index contributed by atoms with van der Waals surface area (Å²) in [5.74, 6) is 2.25. The van der Waals surface area contributed by atoms with Crippen LogP contribution in [0.1, 0.15) is 31.4 Å². The van der Waals surface area contributed by atoms with E-state index in [2.05, 4.69) is 31.9 Å². The van der Waals surface area contributed by atoms with E-state index in [1.54, 1.807) is 0 Å². The molecule has 2 aliphatic rings. The van der Waals surface area contributed by atoms with E-state index in [0.29, 0.717) is 6.04 Å². The number of ether oxygens (including phenoxy) is 1. The smallest absolute Gasteiger partial charge is 0.147 e. The van der Waals surface area contributed by atoms with Crippen molar-refractivity contribution in [2.45, 2.75) is 45.3 Å². The molecule has 0 spiro atoms. The standard InChI is InChI=1S/C14H25N5O/c1-12(11-18-6-8-20-9-7-18)15-10-14-17-16-13-4-2-3-5-19(13)14/h12,15H,2-11H2,1H3. The molecule has 2 aliphatic heterocycles. The van der Waals surface area contributed by atoms with Gasteiger partial charge in [-0.15, -0.1) is 10.2 Å². The van der Waals surface area contributed by atoms with E-state index in [-0.39, 0.29) is 0 Å². The van der Waals surface area contributed by atoms with Gasteiger partial charge in [0.25, 0.3) is 0 Å². The van der Waals surface area contributed by atoms with Gasteiger partial charge in [-0.25, -0.2) is 0 Å². The van der Waals surface area contributed by atoms with Crippen molar-refractivity contribution in [2.75, 3.05) is 32.8 Å². The third-order valence-corrected chi connectivity index (χ3v) is 4.18. The zero-order chi connectivity index (χ0) is 13.8. The van der Waals surface area contributed by atoms with Crippen LogP contribution >= 0.6 is 0 Å². The quantitative estimate of drug-likeness (QED) is 0.847. The predicted molar refractivity (Wildman–Crippen MR) is 76.5 cm³/mol. The molecule has 1 N–H and O–H groups in total. The monoisotopic (exact) mass is 279 g/mol. The van der Waals surface area contributed by atoms with Gasteiger partial charge in [-0.05, 0) is 19.8 Å². The highest BCUT2D eigenvalue weighted by atomic mass is 16.5. The maximum absolute atomic E-state index is 5.38. The minimum absolute atomic E-state index is 0.463. The second kappa shape index (κ2) is 6.65. The average molecular weight is 279 g/mol. The van der Waals surface area contributed by atoms with Crippen LogP contribution in [0, 0.1) is 0 Å². The lowest BCUT2D eigenvalue weighted by Gasteiger charge is -2.29. The Morgan fingerprint density at radius 3 is 2.90 bits per heavy atom. The molecule has 1 aromatic rings. The molecule has 0 aromatic carbocycles. The summed E-state index contributed by atoms with van der Waals surface area (Å²) >= 11 is 0. The first-order valence-electron chi connectivity index (χ1n) is 7.77. The third kappa shape index (κ3) is 3.37. The molecule has 1 fully saturated rings. The molecule has 0 amide bonds. The third-order valence-electron chi connectivity index (χ3n) is 4.18. The van der Waals surface area contributed by atoms with Gasteiger partial charge in [0.05, 0.1) is 19.8 Å². The van der Waals surface area contributed by atoms with E-state index in [0.717, 1.165) is 64.0 Å². The Morgan fingerprint density at radius 2 is 2.05 bits per heavy atom. The first-order chi connectivity index (χ1) is 9.83. The molecule has 0 saturated carbocycles. The fourth-order valence-electron chi connectivity index (χ4n) is 3.00. The summed E-state index contributed by atoms with van der Waals surface area (Å²) in [7, 11) is 0. The molecule has 3 rings (SSSR count). The van der Waals surface area contributed by atoms with Crippen molar-refractivity contribution in [3.05, 3.63) is 11.6 Å². The Hall–Kier alpha value is -0.980. The largest absolute Gasteiger partial charge is 0.379 e. The Labute approximate surface area is 120 Å². The number of rotatable bonds is 5. The van der Waals surface area contributed by atoms with Crippen molar-refractivity contribution >= 4 is 0 Å². The highest BCUT2D eigenvalue weighted by molar-refractivity contribution is 4.98. The summed E-state index contributed by atoms with van der Waals surface area (Å²) in [4.78, 5) is 2.46. The molecule has 6 nitrogen and oxygen atoms in total. The first-order valence-corrected chi connectivity index (χ1v) is 7.77. The van der Waals surface area contributed by atoms with Crippen LogP contribution in [0.2, 0.25) is 0 Å². The number of aryl methyl sites for hydroxylation is 1. The van der Waals surface area contributed by atoms with Crippen molar-refractivity contribution in [3.8, 4) is 0 Å². The highest BCUT2D eigenvalue weighted by Gasteiger charge is 2.17. The summed E-state index contributed by atoms with van der Waals surface area (Å²) in [5.41, 5.74) is 0. The summed E-state index contributed by atoms with van der Waals surface area (Å²) in [5, 5.41) is 12.2. The molecule has 0 bridgehead atoms. The number of aromatic nitrogens is 3. The molecule has 3 heterocycles. The van der Waals surface area contributed by atoms with Crippen LogP contribution in [-0.2, 0) is 24.2 Å². The number of hydrogen-bond donors (Lipinski definition) is 1. The maximum atomic E-state index is 5.38. The Bertz CT molecular complexity index is 427. The average Bonchev–Trinajstić information content (AvgIpc) is 2.89. The Kier molecular flexibility index (Phi) is 4.65.